The Morgan fingerprint density at radius 1 is 0.806 bits per heavy atom. The SMILES string of the molecule is O=C1Nc2ccccc2/C1=C(/Nc1ccc(C(=O)N2CCCC2)cc1)c1ccccc1. The van der Waals surface area contributed by atoms with Crippen molar-refractivity contribution in [1.29, 1.82) is 0 Å². The van der Waals surface area contributed by atoms with Gasteiger partial charge >= 0.3 is 0 Å². The number of nitrogens with one attached hydrogen (secondary N) is 2. The van der Waals surface area contributed by atoms with Crippen molar-refractivity contribution in [2.24, 2.45) is 0 Å². The summed E-state index contributed by atoms with van der Waals surface area (Å²) in [4.78, 5) is 27.4. The lowest BCUT2D eigenvalue weighted by Gasteiger charge is -2.17. The summed E-state index contributed by atoms with van der Waals surface area (Å²) in [5.41, 5.74) is 5.46. The van der Waals surface area contributed by atoms with Gasteiger partial charge in [-0.05, 0) is 48.7 Å². The van der Waals surface area contributed by atoms with Crippen LogP contribution in [0.1, 0.15) is 34.3 Å². The minimum Gasteiger partial charge on any atom is -0.354 e. The molecule has 2 aliphatic rings. The van der Waals surface area contributed by atoms with Gasteiger partial charge in [-0.2, -0.15) is 0 Å². The predicted octanol–water partition coefficient (Wildman–Crippen LogP) is 4.86. The lowest BCUT2D eigenvalue weighted by atomic mass is 10.00. The Morgan fingerprint density at radius 3 is 2.23 bits per heavy atom. The fraction of sp³-hybridized carbons (Fsp3) is 0.154. The zero-order valence-electron chi connectivity index (χ0n) is 17.1. The van der Waals surface area contributed by atoms with Crippen molar-refractivity contribution in [3.8, 4) is 0 Å². The zero-order chi connectivity index (χ0) is 21.2. The van der Waals surface area contributed by atoms with Crippen LogP contribution in [-0.2, 0) is 4.79 Å². The van der Waals surface area contributed by atoms with Gasteiger partial charge in [0.15, 0.2) is 0 Å². The second-order valence-electron chi connectivity index (χ2n) is 7.82. The number of likely N-dealkylation sites (tertiary alicyclic amines) is 1. The molecule has 154 valence electrons. The number of para-hydroxylation sites is 1. The smallest absolute Gasteiger partial charge is 0.258 e. The molecule has 5 rings (SSSR count). The van der Waals surface area contributed by atoms with Crippen LogP contribution in [0.4, 0.5) is 11.4 Å². The van der Waals surface area contributed by atoms with Crippen LogP contribution < -0.4 is 10.6 Å². The Hall–Kier alpha value is -3.86. The molecule has 0 spiro atoms. The van der Waals surface area contributed by atoms with E-state index in [0.717, 1.165) is 54.1 Å². The van der Waals surface area contributed by atoms with E-state index in [4.69, 9.17) is 0 Å². The highest BCUT2D eigenvalue weighted by molar-refractivity contribution is 6.37. The monoisotopic (exact) mass is 409 g/mol. The Bertz CT molecular complexity index is 1160. The van der Waals surface area contributed by atoms with Gasteiger partial charge in [0.05, 0.1) is 11.3 Å². The number of hydrogen-bond acceptors (Lipinski definition) is 3. The molecule has 2 heterocycles. The molecular formula is C26H23N3O2. The molecule has 5 nitrogen and oxygen atoms in total. The van der Waals surface area contributed by atoms with Crippen LogP contribution in [0.25, 0.3) is 11.3 Å². The molecule has 5 heteroatoms. The third-order valence-electron chi connectivity index (χ3n) is 5.78. The van der Waals surface area contributed by atoms with E-state index in [2.05, 4.69) is 10.6 Å². The Kier molecular flexibility index (Phi) is 5.00. The number of anilines is 2. The minimum atomic E-state index is -0.131. The van der Waals surface area contributed by atoms with Crippen molar-refractivity contribution in [2.75, 3.05) is 23.7 Å². The molecule has 3 aromatic rings. The summed E-state index contributed by atoms with van der Waals surface area (Å²) in [6, 6.07) is 25.0. The van der Waals surface area contributed by atoms with Gasteiger partial charge in [-0.1, -0.05) is 48.5 Å². The molecule has 3 aromatic carbocycles. The minimum absolute atomic E-state index is 0.0785. The summed E-state index contributed by atoms with van der Waals surface area (Å²) < 4.78 is 0. The fourth-order valence-corrected chi connectivity index (χ4v) is 4.19. The molecule has 0 saturated carbocycles. The molecule has 1 saturated heterocycles. The molecule has 0 atom stereocenters. The van der Waals surface area contributed by atoms with E-state index in [1.54, 1.807) is 0 Å². The van der Waals surface area contributed by atoms with Crippen molar-refractivity contribution < 1.29 is 9.59 Å². The van der Waals surface area contributed by atoms with Gasteiger partial charge in [0, 0.05) is 35.6 Å². The van der Waals surface area contributed by atoms with Crippen molar-refractivity contribution in [2.45, 2.75) is 12.8 Å². The number of fused-ring (bicyclic) bond motifs is 1. The number of nitrogens with zero attached hydrogens (tertiary/aromatic N) is 1. The van der Waals surface area contributed by atoms with Crippen molar-refractivity contribution >= 4 is 34.5 Å². The van der Waals surface area contributed by atoms with E-state index in [9.17, 15) is 9.59 Å². The van der Waals surface area contributed by atoms with Gasteiger partial charge in [-0.25, -0.2) is 0 Å². The number of hydrogen-bond donors (Lipinski definition) is 2. The zero-order valence-corrected chi connectivity index (χ0v) is 17.1. The maximum absolute atomic E-state index is 12.9. The van der Waals surface area contributed by atoms with E-state index in [1.165, 1.54) is 0 Å². The quantitative estimate of drug-likeness (QED) is 0.605. The van der Waals surface area contributed by atoms with E-state index >= 15 is 0 Å². The summed E-state index contributed by atoms with van der Waals surface area (Å²) >= 11 is 0. The van der Waals surface area contributed by atoms with Crippen molar-refractivity contribution in [3.63, 3.8) is 0 Å². The molecule has 2 amide bonds. The van der Waals surface area contributed by atoms with Crippen molar-refractivity contribution in [1.82, 2.24) is 4.90 Å². The van der Waals surface area contributed by atoms with Gasteiger partial charge in [0.1, 0.15) is 0 Å². The fourth-order valence-electron chi connectivity index (χ4n) is 4.19. The topological polar surface area (TPSA) is 61.4 Å². The molecule has 0 unspecified atom stereocenters. The largest absolute Gasteiger partial charge is 0.354 e. The number of carbonyl (C=O) groups is 2. The third kappa shape index (κ3) is 3.70. The highest BCUT2D eigenvalue weighted by Crippen LogP contribution is 2.37. The Balaban J connectivity index is 1.51. The Labute approximate surface area is 181 Å². The highest BCUT2D eigenvalue weighted by Gasteiger charge is 2.28. The van der Waals surface area contributed by atoms with Gasteiger partial charge < -0.3 is 15.5 Å². The van der Waals surface area contributed by atoms with Gasteiger partial charge in [-0.15, -0.1) is 0 Å². The number of carbonyl (C=O) groups excluding carboxylic acids is 2. The number of benzene rings is 3. The maximum atomic E-state index is 12.9. The van der Waals surface area contributed by atoms with Crippen LogP contribution in [0.3, 0.4) is 0 Å². The summed E-state index contributed by atoms with van der Waals surface area (Å²) in [5.74, 6) is -0.0526. The van der Waals surface area contributed by atoms with E-state index in [1.807, 2.05) is 83.8 Å². The van der Waals surface area contributed by atoms with E-state index in [0.29, 0.717) is 11.1 Å². The molecule has 0 bridgehead atoms. The first-order chi connectivity index (χ1) is 15.2. The first kappa shape index (κ1) is 19.1. The molecular weight excluding hydrogens is 386 g/mol. The maximum Gasteiger partial charge on any atom is 0.258 e. The highest BCUT2D eigenvalue weighted by atomic mass is 16.2. The van der Waals surface area contributed by atoms with Crippen LogP contribution in [0, 0.1) is 0 Å². The molecule has 2 N–H and O–H groups in total. The normalized spacial score (nSPS) is 16.6. The van der Waals surface area contributed by atoms with E-state index in [-0.39, 0.29) is 11.8 Å². The average molecular weight is 409 g/mol. The standard InChI is InChI=1S/C26H23N3O2/c30-25-23(21-10-4-5-11-22(21)28-25)24(18-8-2-1-3-9-18)27-20-14-12-19(13-15-20)26(31)29-16-6-7-17-29/h1-5,8-15,27H,6-7,16-17H2,(H,28,30)/b24-23-. The number of amides is 2. The summed E-state index contributed by atoms with van der Waals surface area (Å²) in [5, 5.41) is 6.39. The molecule has 1 fully saturated rings. The summed E-state index contributed by atoms with van der Waals surface area (Å²) in [7, 11) is 0. The average Bonchev–Trinajstić information content (AvgIpc) is 3.46. The van der Waals surface area contributed by atoms with Crippen LogP contribution in [0.5, 0.6) is 0 Å². The predicted molar refractivity (Wildman–Crippen MR) is 124 cm³/mol. The van der Waals surface area contributed by atoms with Crippen LogP contribution in [0.15, 0.2) is 78.9 Å². The molecule has 0 aromatic heterocycles. The first-order valence-corrected chi connectivity index (χ1v) is 10.6. The van der Waals surface area contributed by atoms with Crippen LogP contribution >= 0.6 is 0 Å². The lowest BCUT2D eigenvalue weighted by molar-refractivity contribution is -0.110. The molecule has 31 heavy (non-hydrogen) atoms. The molecule has 0 radical (unpaired) electrons. The van der Waals surface area contributed by atoms with E-state index < -0.39 is 0 Å². The second-order valence-corrected chi connectivity index (χ2v) is 7.82. The van der Waals surface area contributed by atoms with Crippen LogP contribution in [-0.4, -0.2) is 29.8 Å². The van der Waals surface area contributed by atoms with Gasteiger partial charge in [0.25, 0.3) is 11.8 Å². The van der Waals surface area contributed by atoms with Crippen LogP contribution in [0.2, 0.25) is 0 Å². The Morgan fingerprint density at radius 2 is 1.48 bits per heavy atom. The number of rotatable bonds is 4. The first-order valence-electron chi connectivity index (χ1n) is 10.6. The second kappa shape index (κ2) is 8.11. The molecule has 0 aliphatic carbocycles. The summed E-state index contributed by atoms with van der Waals surface area (Å²) in [6.45, 7) is 1.66. The van der Waals surface area contributed by atoms with Gasteiger partial charge in [0.2, 0.25) is 0 Å². The molecule has 2 aliphatic heterocycles. The third-order valence-corrected chi connectivity index (χ3v) is 5.78. The lowest BCUT2D eigenvalue weighted by Crippen LogP contribution is -2.27. The summed E-state index contributed by atoms with van der Waals surface area (Å²) in [6.07, 6.45) is 2.14. The van der Waals surface area contributed by atoms with Crippen molar-refractivity contribution in [3.05, 3.63) is 95.6 Å². The van der Waals surface area contributed by atoms with Gasteiger partial charge in [-0.3, -0.25) is 9.59 Å².